The number of nitrogens with zero attached hydrogens (tertiary/aromatic N) is 2. The van der Waals surface area contributed by atoms with Crippen molar-refractivity contribution in [2.24, 2.45) is 0 Å². The van der Waals surface area contributed by atoms with Crippen molar-refractivity contribution in [3.8, 4) is 5.75 Å². The van der Waals surface area contributed by atoms with Gasteiger partial charge in [0.1, 0.15) is 5.75 Å². The number of hydrogen-bond donors (Lipinski definition) is 1. The zero-order valence-electron chi connectivity index (χ0n) is 16.1. The number of methoxy groups -OCH3 is 1. The van der Waals surface area contributed by atoms with Crippen LogP contribution >= 0.6 is 36.4 Å². The number of carbonyl (C=O) groups excluding carboxylic acids is 1. The van der Waals surface area contributed by atoms with Crippen LogP contribution in [0.25, 0.3) is 0 Å². The molecule has 1 saturated heterocycles. The summed E-state index contributed by atoms with van der Waals surface area (Å²) in [5.41, 5.74) is 6.62. The number of carbonyl (C=O) groups is 1. The molecular formula is C18H30Cl3N3O3. The summed E-state index contributed by atoms with van der Waals surface area (Å²) in [6.07, 6.45) is 0.921. The molecule has 1 heterocycles. The number of halogens is 3. The number of amides is 1. The first-order valence-corrected chi connectivity index (χ1v) is 9.14. The van der Waals surface area contributed by atoms with Crippen LogP contribution < -0.4 is 10.5 Å². The van der Waals surface area contributed by atoms with Crippen molar-refractivity contribution in [3.05, 3.63) is 22.7 Å². The van der Waals surface area contributed by atoms with Crippen LogP contribution in [0, 0.1) is 0 Å². The second kappa shape index (κ2) is 12.5. The number of ether oxygens (including phenoxy) is 2. The van der Waals surface area contributed by atoms with Gasteiger partial charge in [-0.05, 0) is 25.6 Å². The number of benzene rings is 1. The first-order valence-electron chi connectivity index (χ1n) is 8.76. The van der Waals surface area contributed by atoms with Crippen LogP contribution in [0.1, 0.15) is 30.6 Å². The van der Waals surface area contributed by atoms with Crippen molar-refractivity contribution in [2.45, 2.75) is 26.4 Å². The van der Waals surface area contributed by atoms with Gasteiger partial charge in [0.05, 0.1) is 36.1 Å². The monoisotopic (exact) mass is 441 g/mol. The summed E-state index contributed by atoms with van der Waals surface area (Å²) < 4.78 is 11.2. The Labute approximate surface area is 179 Å². The smallest absolute Gasteiger partial charge is 0.257 e. The fourth-order valence-corrected chi connectivity index (χ4v) is 3.18. The van der Waals surface area contributed by atoms with Gasteiger partial charge in [0.15, 0.2) is 0 Å². The molecule has 1 aromatic carbocycles. The molecule has 27 heavy (non-hydrogen) atoms. The largest absolute Gasteiger partial charge is 0.496 e. The summed E-state index contributed by atoms with van der Waals surface area (Å²) >= 11 is 6.07. The summed E-state index contributed by atoms with van der Waals surface area (Å²) in [4.78, 5) is 16.9. The quantitative estimate of drug-likeness (QED) is 0.625. The van der Waals surface area contributed by atoms with Gasteiger partial charge in [0.25, 0.3) is 5.91 Å². The Morgan fingerprint density at radius 3 is 2.59 bits per heavy atom. The second-order valence-electron chi connectivity index (χ2n) is 6.13. The van der Waals surface area contributed by atoms with E-state index in [4.69, 9.17) is 26.8 Å². The first kappa shape index (κ1) is 26.1. The van der Waals surface area contributed by atoms with Gasteiger partial charge in [0, 0.05) is 25.7 Å². The van der Waals surface area contributed by atoms with E-state index < -0.39 is 0 Å². The molecule has 0 radical (unpaired) electrons. The predicted octanol–water partition coefficient (Wildman–Crippen LogP) is 3.35. The van der Waals surface area contributed by atoms with E-state index in [1.54, 1.807) is 17.0 Å². The summed E-state index contributed by atoms with van der Waals surface area (Å²) in [6.45, 7) is 9.18. The highest BCUT2D eigenvalue weighted by Crippen LogP contribution is 2.30. The van der Waals surface area contributed by atoms with Crippen LogP contribution in [0.3, 0.4) is 0 Å². The second-order valence-corrected chi connectivity index (χ2v) is 6.54. The Morgan fingerprint density at radius 2 is 2.00 bits per heavy atom. The van der Waals surface area contributed by atoms with Gasteiger partial charge in [-0.25, -0.2) is 0 Å². The van der Waals surface area contributed by atoms with Gasteiger partial charge in [-0.3, -0.25) is 4.79 Å². The minimum atomic E-state index is -0.103. The van der Waals surface area contributed by atoms with Crippen molar-refractivity contribution in [2.75, 3.05) is 52.2 Å². The van der Waals surface area contributed by atoms with E-state index >= 15 is 0 Å². The van der Waals surface area contributed by atoms with Gasteiger partial charge in [-0.2, -0.15) is 0 Å². The Hall–Kier alpha value is -0.920. The van der Waals surface area contributed by atoms with Crippen LogP contribution in [-0.4, -0.2) is 68.3 Å². The zero-order valence-corrected chi connectivity index (χ0v) is 18.5. The average Bonchev–Trinajstić information content (AvgIpc) is 3.09. The number of nitrogens with two attached hydrogens (primary N) is 1. The third-order valence-corrected chi connectivity index (χ3v) is 4.96. The van der Waals surface area contributed by atoms with Crippen molar-refractivity contribution in [3.63, 3.8) is 0 Å². The topological polar surface area (TPSA) is 68.0 Å². The molecule has 1 amide bonds. The summed E-state index contributed by atoms with van der Waals surface area (Å²) in [5, 5.41) is 0.357. The van der Waals surface area contributed by atoms with E-state index in [0.717, 1.165) is 26.1 Å². The van der Waals surface area contributed by atoms with Crippen LogP contribution in [0.5, 0.6) is 5.75 Å². The van der Waals surface area contributed by atoms with E-state index in [0.29, 0.717) is 41.7 Å². The van der Waals surface area contributed by atoms with Crippen LogP contribution in [0.2, 0.25) is 5.02 Å². The highest BCUT2D eigenvalue weighted by molar-refractivity contribution is 6.33. The minimum Gasteiger partial charge on any atom is -0.496 e. The van der Waals surface area contributed by atoms with E-state index in [2.05, 4.69) is 18.7 Å². The lowest BCUT2D eigenvalue weighted by Crippen LogP contribution is -2.32. The maximum absolute atomic E-state index is 12.8. The van der Waals surface area contributed by atoms with Crippen molar-refractivity contribution in [1.82, 2.24) is 9.80 Å². The summed E-state index contributed by atoms with van der Waals surface area (Å²) in [5.74, 6) is 0.339. The van der Waals surface area contributed by atoms with E-state index in [1.165, 1.54) is 7.11 Å². The summed E-state index contributed by atoms with van der Waals surface area (Å²) in [7, 11) is 1.52. The lowest BCUT2D eigenvalue weighted by atomic mass is 10.1. The number of anilines is 1. The van der Waals surface area contributed by atoms with E-state index in [-0.39, 0.29) is 36.8 Å². The van der Waals surface area contributed by atoms with Crippen molar-refractivity contribution >= 4 is 48.0 Å². The Balaban J connectivity index is 0.00000338. The summed E-state index contributed by atoms with van der Waals surface area (Å²) in [6, 6.07) is 3.16. The molecule has 0 spiro atoms. The highest BCUT2D eigenvalue weighted by Gasteiger charge is 2.29. The molecule has 2 rings (SSSR count). The number of hydrogen-bond acceptors (Lipinski definition) is 5. The van der Waals surface area contributed by atoms with Crippen LogP contribution in [-0.2, 0) is 4.74 Å². The molecule has 6 nitrogen and oxygen atoms in total. The molecule has 0 saturated carbocycles. The normalized spacial score (nSPS) is 16.0. The van der Waals surface area contributed by atoms with Gasteiger partial charge in [0.2, 0.25) is 0 Å². The highest BCUT2D eigenvalue weighted by atomic mass is 35.5. The molecule has 1 fully saturated rings. The molecule has 1 aromatic rings. The number of likely N-dealkylation sites (N-methyl/N-ethyl adjacent to an activating group) is 1. The van der Waals surface area contributed by atoms with E-state index in [1.807, 2.05) is 0 Å². The zero-order chi connectivity index (χ0) is 18.4. The molecule has 2 N–H and O–H groups in total. The molecule has 9 heteroatoms. The Bertz CT molecular complexity index is 601. The average molecular weight is 443 g/mol. The number of rotatable bonds is 8. The van der Waals surface area contributed by atoms with Crippen LogP contribution in [0.4, 0.5) is 5.69 Å². The molecular weight excluding hydrogens is 413 g/mol. The van der Waals surface area contributed by atoms with Gasteiger partial charge in [-0.15, -0.1) is 24.8 Å². The van der Waals surface area contributed by atoms with Crippen molar-refractivity contribution < 1.29 is 14.3 Å². The van der Waals surface area contributed by atoms with Gasteiger partial charge in [-0.1, -0.05) is 25.4 Å². The maximum atomic E-state index is 12.8. The van der Waals surface area contributed by atoms with Crippen molar-refractivity contribution in [1.29, 1.82) is 0 Å². The molecule has 0 aliphatic carbocycles. The predicted molar refractivity (Wildman–Crippen MR) is 115 cm³/mol. The third-order valence-electron chi connectivity index (χ3n) is 4.64. The van der Waals surface area contributed by atoms with Crippen LogP contribution in [0.15, 0.2) is 12.1 Å². The number of nitrogen functional groups attached to an aromatic ring is 1. The maximum Gasteiger partial charge on any atom is 0.257 e. The fourth-order valence-electron chi connectivity index (χ4n) is 3.01. The number of likely N-dealkylation sites (tertiary alicyclic amines) is 1. The van der Waals surface area contributed by atoms with Gasteiger partial charge < -0.3 is 25.0 Å². The molecule has 1 aliphatic heterocycles. The third kappa shape index (κ3) is 6.88. The fraction of sp³-hybridized carbons (Fsp3) is 0.611. The standard InChI is InChI=1S/C18H28ClN3O3.2ClH/c1-4-21(5-2)8-9-25-13-6-7-22(12-13)18(23)14-10-15(19)16(20)11-17(14)24-3;;/h10-11,13H,4-9,12,20H2,1-3H3;2*1H. The molecule has 156 valence electrons. The molecule has 1 atom stereocenters. The minimum absolute atomic E-state index is 0. The molecule has 0 bridgehead atoms. The van der Waals surface area contributed by atoms with Gasteiger partial charge >= 0.3 is 0 Å². The lowest BCUT2D eigenvalue weighted by Gasteiger charge is -2.21. The Kier molecular flexibility index (Phi) is 12.1. The first-order chi connectivity index (χ1) is 12.0. The SMILES string of the molecule is CCN(CC)CCOC1CCN(C(=O)c2cc(Cl)c(N)cc2OC)C1.Cl.Cl. The molecule has 0 aromatic heterocycles. The molecule has 1 unspecified atom stereocenters. The molecule has 1 aliphatic rings. The Morgan fingerprint density at radius 1 is 1.33 bits per heavy atom. The van der Waals surface area contributed by atoms with E-state index in [9.17, 15) is 4.79 Å². The lowest BCUT2D eigenvalue weighted by molar-refractivity contribution is 0.0420.